The van der Waals surface area contributed by atoms with Crippen molar-refractivity contribution in [2.45, 2.75) is 78.2 Å². The molecule has 0 amide bonds. The molecule has 1 fully saturated rings. The van der Waals surface area contributed by atoms with E-state index < -0.39 is 5.97 Å². The standard InChI is InChI=1S/C21H32O3/c1-4-5-6-7-8-18-11-13-19(14-12-18)21(22)24-23-20-15-16(2)9-10-17(20)3/h11-14,16-17,20H,4-10,15H2,1-3H3. The SMILES string of the molecule is CCCCCCc1ccc(C(=O)OOC2CC(C)CCC2C)cc1. The molecule has 2 rings (SSSR count). The van der Waals surface area contributed by atoms with E-state index in [-0.39, 0.29) is 6.10 Å². The van der Waals surface area contributed by atoms with Gasteiger partial charge in [-0.3, -0.25) is 4.89 Å². The van der Waals surface area contributed by atoms with E-state index >= 15 is 0 Å². The summed E-state index contributed by atoms with van der Waals surface area (Å²) >= 11 is 0. The molecule has 3 unspecified atom stereocenters. The van der Waals surface area contributed by atoms with Crippen molar-refractivity contribution in [3.8, 4) is 0 Å². The van der Waals surface area contributed by atoms with Crippen molar-refractivity contribution in [2.24, 2.45) is 11.8 Å². The highest BCUT2D eigenvalue weighted by Gasteiger charge is 2.28. The fourth-order valence-electron chi connectivity index (χ4n) is 3.33. The summed E-state index contributed by atoms with van der Waals surface area (Å²) in [6, 6.07) is 7.73. The summed E-state index contributed by atoms with van der Waals surface area (Å²) in [6.07, 6.45) is 9.45. The van der Waals surface area contributed by atoms with Crippen LogP contribution in [0.3, 0.4) is 0 Å². The highest BCUT2D eigenvalue weighted by molar-refractivity contribution is 5.88. The minimum absolute atomic E-state index is 0.0236. The van der Waals surface area contributed by atoms with E-state index in [9.17, 15) is 4.79 Å². The van der Waals surface area contributed by atoms with E-state index in [1.807, 2.05) is 24.3 Å². The van der Waals surface area contributed by atoms with Gasteiger partial charge in [-0.15, -0.1) is 0 Å². The number of benzene rings is 1. The third-order valence-corrected chi connectivity index (χ3v) is 5.14. The number of aryl methyl sites for hydroxylation is 1. The largest absolute Gasteiger partial charge is 0.373 e. The van der Waals surface area contributed by atoms with Gasteiger partial charge in [0.25, 0.3) is 0 Å². The number of rotatable bonds is 8. The third-order valence-electron chi connectivity index (χ3n) is 5.14. The Bertz CT molecular complexity index is 494. The maximum absolute atomic E-state index is 12.1. The zero-order chi connectivity index (χ0) is 17.4. The van der Waals surface area contributed by atoms with Crippen molar-refractivity contribution in [2.75, 3.05) is 0 Å². The maximum atomic E-state index is 12.1. The molecule has 134 valence electrons. The Kier molecular flexibility index (Phi) is 7.77. The molecule has 0 heterocycles. The summed E-state index contributed by atoms with van der Waals surface area (Å²) in [4.78, 5) is 22.7. The highest BCUT2D eigenvalue weighted by atomic mass is 17.2. The molecule has 0 aromatic heterocycles. The molecule has 3 nitrogen and oxygen atoms in total. The predicted octanol–water partition coefficient (Wildman–Crippen LogP) is 5.72. The van der Waals surface area contributed by atoms with Crippen LogP contribution in [-0.2, 0) is 16.2 Å². The van der Waals surface area contributed by atoms with Gasteiger partial charge >= 0.3 is 5.97 Å². The van der Waals surface area contributed by atoms with Crippen LogP contribution in [-0.4, -0.2) is 12.1 Å². The Morgan fingerprint density at radius 3 is 2.54 bits per heavy atom. The molecule has 1 saturated carbocycles. The van der Waals surface area contributed by atoms with Crippen LogP contribution >= 0.6 is 0 Å². The van der Waals surface area contributed by atoms with Gasteiger partial charge in [-0.1, -0.05) is 58.6 Å². The van der Waals surface area contributed by atoms with Gasteiger partial charge in [-0.05, 0) is 55.2 Å². The quantitative estimate of drug-likeness (QED) is 0.347. The summed E-state index contributed by atoms with van der Waals surface area (Å²) in [5.74, 6) is 0.689. The van der Waals surface area contributed by atoms with Crippen molar-refractivity contribution in [3.63, 3.8) is 0 Å². The van der Waals surface area contributed by atoms with E-state index in [1.54, 1.807) is 0 Å². The third kappa shape index (κ3) is 5.94. The average molecular weight is 332 g/mol. The van der Waals surface area contributed by atoms with E-state index in [0.717, 1.165) is 19.3 Å². The first kappa shape index (κ1) is 19.0. The Labute approximate surface area is 146 Å². The monoisotopic (exact) mass is 332 g/mol. The Balaban J connectivity index is 1.77. The van der Waals surface area contributed by atoms with E-state index in [4.69, 9.17) is 9.78 Å². The van der Waals surface area contributed by atoms with Crippen molar-refractivity contribution >= 4 is 5.97 Å². The van der Waals surface area contributed by atoms with Gasteiger partial charge in [-0.2, -0.15) is 4.89 Å². The summed E-state index contributed by atoms with van der Waals surface area (Å²) in [7, 11) is 0. The van der Waals surface area contributed by atoms with Gasteiger partial charge in [-0.25, -0.2) is 4.79 Å². The molecule has 1 aliphatic carbocycles. The molecule has 1 aromatic rings. The lowest BCUT2D eigenvalue weighted by Gasteiger charge is -2.30. The lowest BCUT2D eigenvalue weighted by atomic mass is 9.82. The molecule has 0 saturated heterocycles. The lowest BCUT2D eigenvalue weighted by molar-refractivity contribution is -0.291. The molecule has 0 aliphatic heterocycles. The maximum Gasteiger partial charge on any atom is 0.373 e. The van der Waals surface area contributed by atoms with Crippen LogP contribution < -0.4 is 0 Å². The zero-order valence-corrected chi connectivity index (χ0v) is 15.4. The first-order valence-electron chi connectivity index (χ1n) is 9.56. The van der Waals surface area contributed by atoms with Crippen molar-refractivity contribution in [3.05, 3.63) is 35.4 Å². The molecule has 0 bridgehead atoms. The minimum atomic E-state index is -0.391. The molecule has 0 spiro atoms. The second-order valence-corrected chi connectivity index (χ2v) is 7.41. The summed E-state index contributed by atoms with van der Waals surface area (Å²) < 4.78 is 0. The molecule has 0 radical (unpaired) electrons. The molecule has 24 heavy (non-hydrogen) atoms. The molecule has 3 atom stereocenters. The Morgan fingerprint density at radius 2 is 1.83 bits per heavy atom. The normalized spacial score (nSPS) is 23.9. The summed E-state index contributed by atoms with van der Waals surface area (Å²) in [6.45, 7) is 6.61. The van der Waals surface area contributed by atoms with Gasteiger partial charge < -0.3 is 0 Å². The predicted molar refractivity (Wildman–Crippen MR) is 96.8 cm³/mol. The topological polar surface area (TPSA) is 35.5 Å². The van der Waals surface area contributed by atoms with Crippen LogP contribution in [0, 0.1) is 11.8 Å². The molecular weight excluding hydrogens is 300 g/mol. The van der Waals surface area contributed by atoms with Crippen molar-refractivity contribution < 1.29 is 14.6 Å². The van der Waals surface area contributed by atoms with Crippen molar-refractivity contribution in [1.29, 1.82) is 0 Å². The van der Waals surface area contributed by atoms with E-state index in [0.29, 0.717) is 17.4 Å². The van der Waals surface area contributed by atoms with E-state index in [2.05, 4.69) is 20.8 Å². The highest BCUT2D eigenvalue weighted by Crippen LogP contribution is 2.30. The second-order valence-electron chi connectivity index (χ2n) is 7.41. The van der Waals surface area contributed by atoms with Crippen LogP contribution in [0.4, 0.5) is 0 Å². The van der Waals surface area contributed by atoms with Gasteiger partial charge in [0.1, 0.15) is 6.10 Å². The molecular formula is C21H32O3. The molecule has 1 aromatic carbocycles. The fraction of sp³-hybridized carbons (Fsp3) is 0.667. The van der Waals surface area contributed by atoms with E-state index in [1.165, 1.54) is 37.7 Å². The Morgan fingerprint density at radius 1 is 1.08 bits per heavy atom. The summed E-state index contributed by atoms with van der Waals surface area (Å²) in [5.41, 5.74) is 1.84. The zero-order valence-electron chi connectivity index (χ0n) is 15.4. The van der Waals surface area contributed by atoms with Gasteiger partial charge in [0.15, 0.2) is 0 Å². The summed E-state index contributed by atoms with van der Waals surface area (Å²) in [5, 5.41) is 0. The number of unbranched alkanes of at least 4 members (excludes halogenated alkanes) is 3. The van der Waals surface area contributed by atoms with Crippen LogP contribution in [0.5, 0.6) is 0 Å². The van der Waals surface area contributed by atoms with Crippen LogP contribution in [0.15, 0.2) is 24.3 Å². The first-order valence-corrected chi connectivity index (χ1v) is 9.56. The molecule has 0 N–H and O–H groups in total. The van der Waals surface area contributed by atoms with Crippen LogP contribution in [0.2, 0.25) is 0 Å². The van der Waals surface area contributed by atoms with Gasteiger partial charge in [0.05, 0.1) is 5.56 Å². The first-order chi connectivity index (χ1) is 11.6. The van der Waals surface area contributed by atoms with Crippen LogP contribution in [0.25, 0.3) is 0 Å². The minimum Gasteiger partial charge on any atom is -0.293 e. The molecule has 3 heteroatoms. The number of hydrogen-bond donors (Lipinski definition) is 0. The number of hydrogen-bond acceptors (Lipinski definition) is 3. The van der Waals surface area contributed by atoms with Crippen molar-refractivity contribution in [1.82, 2.24) is 0 Å². The lowest BCUT2D eigenvalue weighted by Crippen LogP contribution is -2.30. The van der Waals surface area contributed by atoms with Crippen LogP contribution in [0.1, 0.15) is 81.6 Å². The van der Waals surface area contributed by atoms with Gasteiger partial charge in [0, 0.05) is 0 Å². The molecule has 1 aliphatic rings. The Hall–Kier alpha value is -1.35. The number of carbonyl (C=O) groups is 1. The number of carbonyl (C=O) groups excluding carboxylic acids is 1. The average Bonchev–Trinajstić information content (AvgIpc) is 2.60. The smallest absolute Gasteiger partial charge is 0.293 e. The van der Waals surface area contributed by atoms with Gasteiger partial charge in [0.2, 0.25) is 0 Å². The fourth-order valence-corrected chi connectivity index (χ4v) is 3.33. The second kappa shape index (κ2) is 9.83.